The minimum atomic E-state index is -4.76. The number of nitrogens with zero attached hydrogens (tertiary/aromatic N) is 5. The molecule has 2 fully saturated rings. The summed E-state index contributed by atoms with van der Waals surface area (Å²) in [5, 5.41) is 18.8. The predicted molar refractivity (Wildman–Crippen MR) is 141 cm³/mol. The average molecular weight is 558 g/mol. The molecule has 7 nitrogen and oxygen atoms in total. The van der Waals surface area contributed by atoms with Gasteiger partial charge in [-0.1, -0.05) is 6.58 Å². The Morgan fingerprint density at radius 1 is 1.21 bits per heavy atom. The standard InChI is InChI=1S/C27H23F4N5O2S/c1-14-26(2,3)36(25(39)35(14)17-7-6-16(13-32)20(11-17)27(29,30)31)18-10-19-22(21(28)12-18)33-23(15-4-5-15)34-24(19)38-9-8-37/h6-7,10-12,15,37H,1,4-5,8-9H2,2-3H3. The summed E-state index contributed by atoms with van der Waals surface area (Å²) in [6, 6.07) is 7.72. The molecule has 2 aromatic carbocycles. The van der Waals surface area contributed by atoms with Gasteiger partial charge in [-0.25, -0.2) is 9.37 Å². The molecule has 0 unspecified atom stereocenters. The minimum Gasteiger partial charge on any atom is -0.475 e. The summed E-state index contributed by atoms with van der Waals surface area (Å²) in [6.45, 7) is 7.28. The van der Waals surface area contributed by atoms with Crippen molar-refractivity contribution in [3.8, 4) is 11.9 Å². The third-order valence-corrected chi connectivity index (χ3v) is 7.22. The van der Waals surface area contributed by atoms with Gasteiger partial charge >= 0.3 is 6.18 Å². The van der Waals surface area contributed by atoms with Gasteiger partial charge in [-0.05, 0) is 69.2 Å². The molecular weight excluding hydrogens is 534 g/mol. The van der Waals surface area contributed by atoms with Gasteiger partial charge in [0.25, 0.3) is 0 Å². The number of thiocarbonyl (C=S) groups is 1. The zero-order valence-electron chi connectivity index (χ0n) is 21.0. The van der Waals surface area contributed by atoms with Crippen molar-refractivity contribution in [2.24, 2.45) is 0 Å². The van der Waals surface area contributed by atoms with E-state index in [9.17, 15) is 23.5 Å². The van der Waals surface area contributed by atoms with Gasteiger partial charge in [0.1, 0.15) is 17.9 Å². The number of hydrogen-bond donors (Lipinski definition) is 1. The van der Waals surface area contributed by atoms with Crippen LogP contribution in [0.1, 0.15) is 49.6 Å². The fraction of sp³-hybridized carbons (Fsp3) is 0.333. The third-order valence-electron chi connectivity index (χ3n) is 6.86. The van der Waals surface area contributed by atoms with Crippen LogP contribution in [0.4, 0.5) is 28.9 Å². The summed E-state index contributed by atoms with van der Waals surface area (Å²) in [6.07, 6.45) is -2.97. The van der Waals surface area contributed by atoms with Gasteiger partial charge in [0.15, 0.2) is 10.9 Å². The van der Waals surface area contributed by atoms with Gasteiger partial charge in [-0.15, -0.1) is 0 Å². The van der Waals surface area contributed by atoms with E-state index in [-0.39, 0.29) is 46.7 Å². The van der Waals surface area contributed by atoms with Crippen LogP contribution in [0.2, 0.25) is 0 Å². The van der Waals surface area contributed by atoms with Crippen LogP contribution < -0.4 is 14.5 Å². The van der Waals surface area contributed by atoms with Gasteiger partial charge in [-0.2, -0.15) is 23.4 Å². The van der Waals surface area contributed by atoms with E-state index < -0.39 is 28.7 Å². The largest absolute Gasteiger partial charge is 0.475 e. The molecule has 3 aromatic rings. The van der Waals surface area contributed by atoms with Crippen molar-refractivity contribution in [1.29, 1.82) is 5.26 Å². The van der Waals surface area contributed by atoms with Crippen LogP contribution in [0.5, 0.6) is 5.88 Å². The smallest absolute Gasteiger partial charge is 0.417 e. The van der Waals surface area contributed by atoms with Crippen molar-refractivity contribution in [1.82, 2.24) is 9.97 Å². The highest BCUT2D eigenvalue weighted by molar-refractivity contribution is 7.80. The Hall–Kier alpha value is -3.82. The van der Waals surface area contributed by atoms with Crippen molar-refractivity contribution in [2.75, 3.05) is 23.0 Å². The summed E-state index contributed by atoms with van der Waals surface area (Å²) in [7, 11) is 0. The van der Waals surface area contributed by atoms with E-state index in [1.165, 1.54) is 17.0 Å². The Labute approximate surface area is 226 Å². The number of benzene rings is 2. The molecule has 5 rings (SSSR count). The van der Waals surface area contributed by atoms with Crippen LogP contribution in [0.3, 0.4) is 0 Å². The molecular formula is C27H23F4N5O2S. The second-order valence-corrected chi connectivity index (χ2v) is 10.2. The van der Waals surface area contributed by atoms with Crippen LogP contribution in [0.15, 0.2) is 42.6 Å². The molecule has 0 spiro atoms. The topological polar surface area (TPSA) is 85.5 Å². The third kappa shape index (κ3) is 4.55. The second-order valence-electron chi connectivity index (χ2n) is 9.86. The molecule has 1 aromatic heterocycles. The molecule has 2 heterocycles. The first-order valence-electron chi connectivity index (χ1n) is 12.1. The monoisotopic (exact) mass is 557 g/mol. The van der Waals surface area contributed by atoms with Crippen molar-refractivity contribution in [2.45, 2.75) is 44.3 Å². The van der Waals surface area contributed by atoms with Gasteiger partial charge in [0.2, 0.25) is 5.88 Å². The number of nitriles is 1. The molecule has 0 amide bonds. The molecule has 0 atom stereocenters. The van der Waals surface area contributed by atoms with Gasteiger partial charge < -0.3 is 14.7 Å². The number of rotatable bonds is 6. The van der Waals surface area contributed by atoms with E-state index in [0.717, 1.165) is 25.0 Å². The van der Waals surface area contributed by atoms with Crippen molar-refractivity contribution in [3.05, 3.63) is 65.4 Å². The van der Waals surface area contributed by atoms with Crippen LogP contribution >= 0.6 is 12.2 Å². The second kappa shape index (κ2) is 9.43. The van der Waals surface area contributed by atoms with E-state index in [0.29, 0.717) is 17.2 Å². The highest BCUT2D eigenvalue weighted by atomic mass is 32.1. The molecule has 1 saturated carbocycles. The van der Waals surface area contributed by atoms with Gasteiger partial charge in [0.05, 0.1) is 34.7 Å². The molecule has 202 valence electrons. The minimum absolute atomic E-state index is 0.0551. The number of halogens is 4. The Kier molecular flexibility index (Phi) is 6.47. The normalized spacial score (nSPS) is 17.2. The van der Waals surface area contributed by atoms with E-state index in [4.69, 9.17) is 17.0 Å². The number of alkyl halides is 3. The summed E-state index contributed by atoms with van der Waals surface area (Å²) in [5.41, 5.74) is -1.83. The number of aliphatic hydroxyl groups excluding tert-OH is 1. The van der Waals surface area contributed by atoms with Crippen LogP contribution in [-0.2, 0) is 6.18 Å². The fourth-order valence-corrected chi connectivity index (χ4v) is 5.18. The maximum absolute atomic E-state index is 15.6. The predicted octanol–water partition coefficient (Wildman–Crippen LogP) is 5.81. The lowest BCUT2D eigenvalue weighted by molar-refractivity contribution is -0.137. The molecule has 1 N–H and O–H groups in total. The lowest BCUT2D eigenvalue weighted by Gasteiger charge is -2.31. The molecule has 39 heavy (non-hydrogen) atoms. The highest BCUT2D eigenvalue weighted by Crippen LogP contribution is 2.45. The Morgan fingerprint density at radius 3 is 2.54 bits per heavy atom. The SMILES string of the molecule is C=C1N(c2ccc(C#N)c(C(F)(F)F)c2)C(=S)N(c2cc(F)c3nc(C4CC4)nc(OCCO)c3c2)C1(C)C. The molecule has 0 bridgehead atoms. The Balaban J connectivity index is 1.62. The number of aromatic nitrogens is 2. The summed E-state index contributed by atoms with van der Waals surface area (Å²) >= 11 is 5.71. The summed E-state index contributed by atoms with van der Waals surface area (Å²) in [5.74, 6) is 0.0687. The maximum atomic E-state index is 15.6. The lowest BCUT2D eigenvalue weighted by atomic mass is 9.99. The zero-order valence-corrected chi connectivity index (χ0v) is 21.8. The first kappa shape index (κ1) is 26.8. The molecule has 1 aliphatic carbocycles. The number of ether oxygens (including phenoxy) is 1. The van der Waals surface area contributed by atoms with Crippen LogP contribution in [-0.4, -0.2) is 38.9 Å². The van der Waals surface area contributed by atoms with Gasteiger partial charge in [0, 0.05) is 23.0 Å². The number of hydrogen-bond acceptors (Lipinski definition) is 6. The van der Waals surface area contributed by atoms with E-state index in [1.54, 1.807) is 30.9 Å². The highest BCUT2D eigenvalue weighted by Gasteiger charge is 2.47. The Bertz CT molecular complexity index is 1560. The van der Waals surface area contributed by atoms with E-state index in [2.05, 4.69) is 16.5 Å². The van der Waals surface area contributed by atoms with Crippen molar-refractivity contribution in [3.63, 3.8) is 0 Å². The lowest BCUT2D eigenvalue weighted by Crippen LogP contribution is -2.41. The molecule has 1 aliphatic heterocycles. The average Bonchev–Trinajstić information content (AvgIpc) is 3.70. The van der Waals surface area contributed by atoms with Crippen LogP contribution in [0, 0.1) is 17.1 Å². The quantitative estimate of drug-likeness (QED) is 0.300. The first-order valence-corrected chi connectivity index (χ1v) is 12.5. The Morgan fingerprint density at radius 2 is 1.92 bits per heavy atom. The molecule has 1 saturated heterocycles. The van der Waals surface area contributed by atoms with Crippen molar-refractivity contribution < 1.29 is 27.4 Å². The number of aliphatic hydroxyl groups is 1. The van der Waals surface area contributed by atoms with Crippen LogP contribution in [0.25, 0.3) is 10.9 Å². The molecule has 12 heteroatoms. The fourth-order valence-electron chi connectivity index (χ4n) is 4.63. The molecule has 2 aliphatic rings. The summed E-state index contributed by atoms with van der Waals surface area (Å²) < 4.78 is 62.2. The summed E-state index contributed by atoms with van der Waals surface area (Å²) in [4.78, 5) is 11.8. The maximum Gasteiger partial charge on any atom is 0.417 e. The van der Waals surface area contributed by atoms with Crippen molar-refractivity contribution >= 4 is 39.6 Å². The van der Waals surface area contributed by atoms with E-state index >= 15 is 4.39 Å². The number of fused-ring (bicyclic) bond motifs is 1. The molecule has 0 radical (unpaired) electrons. The van der Waals surface area contributed by atoms with Gasteiger partial charge in [-0.3, -0.25) is 4.90 Å². The van der Waals surface area contributed by atoms with E-state index in [1.807, 2.05) is 0 Å². The number of anilines is 2. The zero-order chi connectivity index (χ0) is 28.3. The first-order chi connectivity index (χ1) is 18.4.